The van der Waals surface area contributed by atoms with Gasteiger partial charge in [-0.2, -0.15) is 0 Å². The first-order chi connectivity index (χ1) is 7.15. The molecule has 15 heavy (non-hydrogen) atoms. The van der Waals surface area contributed by atoms with Crippen molar-refractivity contribution in [3.05, 3.63) is 35.6 Å². The minimum absolute atomic E-state index is 0.0188. The molecule has 0 fully saturated rings. The van der Waals surface area contributed by atoms with Crippen LogP contribution in [0.4, 0.5) is 4.39 Å². The molecule has 4 heteroatoms. The summed E-state index contributed by atoms with van der Waals surface area (Å²) in [6.07, 6.45) is 0. The molecule has 3 nitrogen and oxygen atoms in total. The molecule has 0 bridgehead atoms. The van der Waals surface area contributed by atoms with Crippen LogP contribution in [0.3, 0.4) is 0 Å². The third kappa shape index (κ3) is 3.32. The van der Waals surface area contributed by atoms with E-state index >= 15 is 0 Å². The number of likely N-dealkylation sites (N-methyl/N-ethyl adjacent to an activating group) is 1. The summed E-state index contributed by atoms with van der Waals surface area (Å²) in [5.74, 6) is -0.463. The molecule has 0 N–H and O–H groups in total. The molecule has 1 aromatic rings. The van der Waals surface area contributed by atoms with Gasteiger partial charge in [0, 0.05) is 26.3 Å². The number of benzene rings is 1. The summed E-state index contributed by atoms with van der Waals surface area (Å²) in [4.78, 5) is 12.8. The maximum Gasteiger partial charge on any atom is 0.248 e. The van der Waals surface area contributed by atoms with E-state index in [0.29, 0.717) is 5.56 Å². The smallest absolute Gasteiger partial charge is 0.248 e. The lowest BCUT2D eigenvalue weighted by Gasteiger charge is -2.16. The quantitative estimate of drug-likeness (QED) is 0.754. The SMILES string of the molecule is COCC(=O)N(C)Cc1ccccc1F. The molecular formula is C11H14FNO2. The number of methoxy groups -OCH3 is 1. The average Bonchev–Trinajstić information content (AvgIpc) is 2.21. The highest BCUT2D eigenvalue weighted by Crippen LogP contribution is 2.08. The Bertz CT molecular complexity index is 341. The number of halogens is 1. The van der Waals surface area contributed by atoms with E-state index in [9.17, 15) is 9.18 Å². The second-order valence-corrected chi connectivity index (χ2v) is 3.27. The van der Waals surface area contributed by atoms with Crippen molar-refractivity contribution in [1.82, 2.24) is 4.90 Å². The van der Waals surface area contributed by atoms with Crippen LogP contribution in [0.15, 0.2) is 24.3 Å². The summed E-state index contributed by atoms with van der Waals surface area (Å²) in [7, 11) is 3.07. The highest BCUT2D eigenvalue weighted by Gasteiger charge is 2.10. The average molecular weight is 211 g/mol. The topological polar surface area (TPSA) is 29.5 Å². The minimum Gasteiger partial charge on any atom is -0.375 e. The van der Waals surface area contributed by atoms with Crippen LogP contribution in [0.1, 0.15) is 5.56 Å². The van der Waals surface area contributed by atoms with Gasteiger partial charge in [-0.3, -0.25) is 4.79 Å². The van der Waals surface area contributed by atoms with E-state index in [-0.39, 0.29) is 24.9 Å². The van der Waals surface area contributed by atoms with Crippen molar-refractivity contribution in [3.8, 4) is 0 Å². The van der Waals surface area contributed by atoms with Gasteiger partial charge < -0.3 is 9.64 Å². The fourth-order valence-corrected chi connectivity index (χ4v) is 1.20. The number of nitrogens with zero attached hydrogens (tertiary/aromatic N) is 1. The van der Waals surface area contributed by atoms with Gasteiger partial charge in [0.25, 0.3) is 0 Å². The Balaban J connectivity index is 2.62. The van der Waals surface area contributed by atoms with Gasteiger partial charge in [0.05, 0.1) is 0 Å². The molecule has 82 valence electrons. The van der Waals surface area contributed by atoms with E-state index in [4.69, 9.17) is 4.74 Å². The van der Waals surface area contributed by atoms with Gasteiger partial charge >= 0.3 is 0 Å². The van der Waals surface area contributed by atoms with Crippen molar-refractivity contribution in [1.29, 1.82) is 0 Å². The molecule has 1 rings (SSSR count). The summed E-state index contributed by atoms with van der Waals surface area (Å²) in [6.45, 7) is 0.278. The van der Waals surface area contributed by atoms with Crippen LogP contribution in [-0.4, -0.2) is 31.6 Å². The number of rotatable bonds is 4. The Morgan fingerprint density at radius 1 is 1.47 bits per heavy atom. The summed E-state index contributed by atoms with van der Waals surface area (Å²) in [6, 6.07) is 6.40. The highest BCUT2D eigenvalue weighted by atomic mass is 19.1. The zero-order valence-electron chi connectivity index (χ0n) is 8.87. The summed E-state index contributed by atoms with van der Waals surface area (Å²) >= 11 is 0. The molecule has 0 aliphatic carbocycles. The van der Waals surface area contributed by atoms with E-state index in [2.05, 4.69) is 0 Å². The van der Waals surface area contributed by atoms with Crippen molar-refractivity contribution >= 4 is 5.91 Å². The third-order valence-corrected chi connectivity index (χ3v) is 2.06. The Kier molecular flexibility index (Phi) is 4.24. The molecule has 0 atom stereocenters. The summed E-state index contributed by atoms with van der Waals surface area (Å²) < 4.78 is 17.9. The Hall–Kier alpha value is -1.42. The fraction of sp³-hybridized carbons (Fsp3) is 0.364. The second-order valence-electron chi connectivity index (χ2n) is 3.27. The van der Waals surface area contributed by atoms with E-state index in [1.165, 1.54) is 18.1 Å². The predicted octanol–water partition coefficient (Wildman–Crippen LogP) is 1.43. The lowest BCUT2D eigenvalue weighted by molar-refractivity contribution is -0.134. The van der Waals surface area contributed by atoms with Crippen LogP contribution in [0.25, 0.3) is 0 Å². The van der Waals surface area contributed by atoms with Crippen LogP contribution in [0.5, 0.6) is 0 Å². The van der Waals surface area contributed by atoms with Gasteiger partial charge in [0.2, 0.25) is 5.91 Å². The number of carbonyl (C=O) groups excluding carboxylic acids is 1. The van der Waals surface area contributed by atoms with Crippen molar-refractivity contribution in [3.63, 3.8) is 0 Å². The number of amides is 1. The molecule has 0 spiro atoms. The van der Waals surface area contributed by atoms with Crippen LogP contribution in [0, 0.1) is 5.82 Å². The van der Waals surface area contributed by atoms with Crippen molar-refractivity contribution in [2.75, 3.05) is 20.8 Å². The first-order valence-electron chi connectivity index (χ1n) is 4.61. The minimum atomic E-state index is -0.297. The van der Waals surface area contributed by atoms with Crippen molar-refractivity contribution in [2.45, 2.75) is 6.54 Å². The normalized spacial score (nSPS) is 10.1. The largest absolute Gasteiger partial charge is 0.375 e. The summed E-state index contributed by atoms with van der Waals surface area (Å²) in [5, 5.41) is 0. The van der Waals surface area contributed by atoms with Crippen LogP contribution in [-0.2, 0) is 16.1 Å². The number of carbonyl (C=O) groups is 1. The first-order valence-corrected chi connectivity index (χ1v) is 4.61. The standard InChI is InChI=1S/C11H14FNO2/c1-13(11(14)8-15-2)7-9-5-3-4-6-10(9)12/h3-6H,7-8H2,1-2H3. The zero-order chi connectivity index (χ0) is 11.3. The van der Waals surface area contributed by atoms with Gasteiger partial charge in [0.1, 0.15) is 12.4 Å². The third-order valence-electron chi connectivity index (χ3n) is 2.06. The van der Waals surface area contributed by atoms with Crippen molar-refractivity contribution < 1.29 is 13.9 Å². The second kappa shape index (κ2) is 5.46. The van der Waals surface area contributed by atoms with Gasteiger partial charge in [0.15, 0.2) is 0 Å². The molecule has 0 saturated heterocycles. The van der Waals surface area contributed by atoms with Gasteiger partial charge in [-0.05, 0) is 6.07 Å². The maximum atomic E-state index is 13.2. The van der Waals surface area contributed by atoms with Gasteiger partial charge in [-0.25, -0.2) is 4.39 Å². The van der Waals surface area contributed by atoms with Crippen LogP contribution >= 0.6 is 0 Å². The lowest BCUT2D eigenvalue weighted by Crippen LogP contribution is -2.29. The van der Waals surface area contributed by atoms with Crippen LogP contribution < -0.4 is 0 Å². The van der Waals surface area contributed by atoms with E-state index in [1.807, 2.05) is 0 Å². The first kappa shape index (κ1) is 11.7. The summed E-state index contributed by atoms with van der Waals surface area (Å²) in [5.41, 5.74) is 0.504. The number of hydrogen-bond donors (Lipinski definition) is 0. The van der Waals surface area contributed by atoms with E-state index in [1.54, 1.807) is 25.2 Å². The molecule has 0 aliphatic rings. The van der Waals surface area contributed by atoms with E-state index in [0.717, 1.165) is 0 Å². The zero-order valence-corrected chi connectivity index (χ0v) is 8.87. The molecular weight excluding hydrogens is 197 g/mol. The lowest BCUT2D eigenvalue weighted by atomic mass is 10.2. The Morgan fingerprint density at radius 3 is 2.73 bits per heavy atom. The molecule has 0 radical (unpaired) electrons. The maximum absolute atomic E-state index is 13.2. The predicted molar refractivity (Wildman–Crippen MR) is 54.8 cm³/mol. The number of ether oxygens (including phenoxy) is 1. The molecule has 0 unspecified atom stereocenters. The van der Waals surface area contributed by atoms with E-state index < -0.39 is 0 Å². The molecule has 0 heterocycles. The fourth-order valence-electron chi connectivity index (χ4n) is 1.20. The molecule has 0 aromatic heterocycles. The molecule has 0 saturated carbocycles. The molecule has 0 aliphatic heterocycles. The van der Waals surface area contributed by atoms with Gasteiger partial charge in [-0.1, -0.05) is 18.2 Å². The Morgan fingerprint density at radius 2 is 2.13 bits per heavy atom. The van der Waals surface area contributed by atoms with Crippen LogP contribution in [0.2, 0.25) is 0 Å². The monoisotopic (exact) mass is 211 g/mol. The van der Waals surface area contributed by atoms with Crippen molar-refractivity contribution in [2.24, 2.45) is 0 Å². The molecule has 1 amide bonds. The highest BCUT2D eigenvalue weighted by molar-refractivity contribution is 5.77. The molecule has 1 aromatic carbocycles. The number of hydrogen-bond acceptors (Lipinski definition) is 2. The van der Waals surface area contributed by atoms with Gasteiger partial charge in [-0.15, -0.1) is 0 Å². The Labute approximate surface area is 88.5 Å².